The highest BCUT2D eigenvalue weighted by Crippen LogP contribution is 2.35. The first-order valence-corrected chi connectivity index (χ1v) is 6.89. The molecule has 2 rings (SSSR count). The zero-order valence-electron chi connectivity index (χ0n) is 13.3. The quantitative estimate of drug-likeness (QED) is 0.874. The van der Waals surface area contributed by atoms with Crippen molar-refractivity contribution >= 4 is 6.29 Å². The van der Waals surface area contributed by atoms with Crippen LogP contribution in [0.3, 0.4) is 0 Å². The van der Waals surface area contributed by atoms with Gasteiger partial charge in [-0.3, -0.25) is 9.59 Å². The summed E-state index contributed by atoms with van der Waals surface area (Å²) in [5.41, 5.74) is -1.42. The van der Waals surface area contributed by atoms with Gasteiger partial charge in [0.1, 0.15) is 5.75 Å². The standard InChI is InChI=1S/C16H17FN2O4/c1-16(2,3)11-6-10(5-9(8-20)13(11)23-4)19-14(21)12(17)7-18-15(19)22/h5-8H,1-4H3,(H,18,22). The first-order valence-electron chi connectivity index (χ1n) is 6.89. The molecule has 23 heavy (non-hydrogen) atoms. The molecule has 122 valence electrons. The molecule has 2 aromatic rings. The smallest absolute Gasteiger partial charge is 0.333 e. The summed E-state index contributed by atoms with van der Waals surface area (Å²) in [4.78, 5) is 37.4. The van der Waals surface area contributed by atoms with E-state index in [0.29, 0.717) is 28.4 Å². The Labute approximate surface area is 131 Å². The van der Waals surface area contributed by atoms with Crippen molar-refractivity contribution in [2.75, 3.05) is 7.11 Å². The van der Waals surface area contributed by atoms with Crippen LogP contribution in [0, 0.1) is 5.82 Å². The minimum atomic E-state index is -1.09. The summed E-state index contributed by atoms with van der Waals surface area (Å²) in [5, 5.41) is 0. The molecule has 0 saturated heterocycles. The van der Waals surface area contributed by atoms with Gasteiger partial charge in [0.15, 0.2) is 6.29 Å². The topological polar surface area (TPSA) is 81.2 Å². The third kappa shape index (κ3) is 2.94. The number of methoxy groups -OCH3 is 1. The second-order valence-electron chi connectivity index (χ2n) is 6.07. The molecule has 1 N–H and O–H groups in total. The zero-order valence-corrected chi connectivity index (χ0v) is 13.3. The number of H-pyrrole nitrogens is 1. The molecule has 0 aliphatic carbocycles. The van der Waals surface area contributed by atoms with Gasteiger partial charge in [0.05, 0.1) is 18.4 Å². The van der Waals surface area contributed by atoms with Crippen LogP contribution in [0.5, 0.6) is 5.75 Å². The maximum absolute atomic E-state index is 13.5. The number of carbonyl (C=O) groups excluding carboxylic acids is 1. The van der Waals surface area contributed by atoms with Crippen molar-refractivity contribution in [3.63, 3.8) is 0 Å². The monoisotopic (exact) mass is 320 g/mol. The van der Waals surface area contributed by atoms with Gasteiger partial charge in [-0.15, -0.1) is 0 Å². The summed E-state index contributed by atoms with van der Waals surface area (Å²) in [5.74, 6) is -0.734. The number of aromatic nitrogens is 2. The first kappa shape index (κ1) is 16.7. The van der Waals surface area contributed by atoms with Crippen molar-refractivity contribution in [1.29, 1.82) is 0 Å². The highest BCUT2D eigenvalue weighted by Gasteiger charge is 2.23. The van der Waals surface area contributed by atoms with E-state index < -0.39 is 22.5 Å². The Bertz CT molecular complexity index is 875. The highest BCUT2D eigenvalue weighted by atomic mass is 19.1. The molecule has 0 radical (unpaired) electrons. The molecule has 1 heterocycles. The Morgan fingerprint density at radius 3 is 2.43 bits per heavy atom. The molecule has 0 spiro atoms. The lowest BCUT2D eigenvalue weighted by Crippen LogP contribution is -2.35. The molecular weight excluding hydrogens is 303 g/mol. The predicted molar refractivity (Wildman–Crippen MR) is 83.3 cm³/mol. The molecule has 0 bridgehead atoms. The average molecular weight is 320 g/mol. The van der Waals surface area contributed by atoms with Crippen molar-refractivity contribution in [3.8, 4) is 11.4 Å². The number of aldehydes is 1. The Morgan fingerprint density at radius 1 is 1.26 bits per heavy atom. The second kappa shape index (κ2) is 5.83. The van der Waals surface area contributed by atoms with Crippen molar-refractivity contribution in [2.45, 2.75) is 26.2 Å². The van der Waals surface area contributed by atoms with Crippen molar-refractivity contribution in [3.05, 3.63) is 56.1 Å². The molecule has 0 atom stereocenters. The fourth-order valence-corrected chi connectivity index (χ4v) is 2.32. The molecule has 7 heteroatoms. The van der Waals surface area contributed by atoms with Gasteiger partial charge in [-0.2, -0.15) is 4.39 Å². The third-order valence-corrected chi connectivity index (χ3v) is 3.43. The number of halogens is 1. The number of rotatable bonds is 3. The van der Waals surface area contributed by atoms with Crippen LogP contribution in [0.4, 0.5) is 4.39 Å². The first-order chi connectivity index (χ1) is 10.7. The van der Waals surface area contributed by atoms with Crippen LogP contribution in [-0.4, -0.2) is 22.9 Å². The summed E-state index contributed by atoms with van der Waals surface area (Å²) in [7, 11) is 1.43. The maximum Gasteiger partial charge on any atom is 0.333 e. The number of carbonyl (C=O) groups is 1. The zero-order chi connectivity index (χ0) is 17.4. The summed E-state index contributed by atoms with van der Waals surface area (Å²) < 4.78 is 19.4. The van der Waals surface area contributed by atoms with Crippen LogP contribution in [-0.2, 0) is 5.41 Å². The van der Waals surface area contributed by atoms with Crippen molar-refractivity contribution in [1.82, 2.24) is 9.55 Å². The van der Waals surface area contributed by atoms with E-state index in [2.05, 4.69) is 4.98 Å². The van der Waals surface area contributed by atoms with E-state index in [1.54, 1.807) is 6.07 Å². The van der Waals surface area contributed by atoms with Crippen LogP contribution < -0.4 is 16.0 Å². The van der Waals surface area contributed by atoms with Crippen molar-refractivity contribution < 1.29 is 13.9 Å². The van der Waals surface area contributed by atoms with E-state index in [1.807, 2.05) is 20.8 Å². The normalized spacial score (nSPS) is 11.3. The lowest BCUT2D eigenvalue weighted by Gasteiger charge is -2.24. The predicted octanol–water partition coefficient (Wildman–Crippen LogP) is 1.78. The molecular formula is C16H17FN2O4. The Hall–Kier alpha value is -2.70. The average Bonchev–Trinajstić information content (AvgIpc) is 2.49. The van der Waals surface area contributed by atoms with Crippen LogP contribution >= 0.6 is 0 Å². The molecule has 0 fully saturated rings. The summed E-state index contributed by atoms with van der Waals surface area (Å²) >= 11 is 0. The van der Waals surface area contributed by atoms with Gasteiger partial charge in [0, 0.05) is 11.8 Å². The van der Waals surface area contributed by atoms with Gasteiger partial charge in [0.25, 0.3) is 5.56 Å². The van der Waals surface area contributed by atoms with E-state index in [9.17, 15) is 18.8 Å². The summed E-state index contributed by atoms with van der Waals surface area (Å²) in [6, 6.07) is 2.86. The van der Waals surface area contributed by atoms with E-state index in [4.69, 9.17) is 4.74 Å². The molecule has 0 unspecified atom stereocenters. The Balaban J connectivity index is 2.91. The molecule has 0 amide bonds. The fraction of sp³-hybridized carbons (Fsp3) is 0.312. The fourth-order valence-electron chi connectivity index (χ4n) is 2.32. The molecule has 0 saturated carbocycles. The van der Waals surface area contributed by atoms with Gasteiger partial charge in [-0.25, -0.2) is 9.36 Å². The molecule has 6 nitrogen and oxygen atoms in total. The van der Waals surface area contributed by atoms with Gasteiger partial charge in [-0.05, 0) is 17.5 Å². The molecule has 0 aliphatic rings. The minimum absolute atomic E-state index is 0.101. The van der Waals surface area contributed by atoms with E-state index in [-0.39, 0.29) is 11.3 Å². The summed E-state index contributed by atoms with van der Waals surface area (Å²) in [6.07, 6.45) is 1.27. The number of ether oxygens (including phenoxy) is 1. The number of nitrogens with one attached hydrogen (secondary N) is 1. The van der Waals surface area contributed by atoms with Crippen molar-refractivity contribution in [2.24, 2.45) is 0 Å². The van der Waals surface area contributed by atoms with E-state index in [0.717, 1.165) is 0 Å². The number of hydrogen-bond acceptors (Lipinski definition) is 4. The maximum atomic E-state index is 13.5. The second-order valence-corrected chi connectivity index (χ2v) is 6.07. The van der Waals surface area contributed by atoms with Crippen LogP contribution in [0.15, 0.2) is 27.9 Å². The van der Waals surface area contributed by atoms with Gasteiger partial charge in [0.2, 0.25) is 5.82 Å². The Kier molecular flexibility index (Phi) is 4.22. The number of benzene rings is 1. The lowest BCUT2D eigenvalue weighted by molar-refractivity contribution is 0.112. The van der Waals surface area contributed by atoms with Crippen LogP contribution in [0.2, 0.25) is 0 Å². The van der Waals surface area contributed by atoms with E-state index in [1.165, 1.54) is 13.2 Å². The lowest BCUT2D eigenvalue weighted by atomic mass is 9.85. The third-order valence-electron chi connectivity index (χ3n) is 3.43. The highest BCUT2D eigenvalue weighted by molar-refractivity contribution is 5.82. The molecule has 0 aliphatic heterocycles. The van der Waals surface area contributed by atoms with Gasteiger partial charge >= 0.3 is 5.69 Å². The number of hydrogen-bond donors (Lipinski definition) is 1. The Morgan fingerprint density at radius 2 is 1.91 bits per heavy atom. The number of aromatic amines is 1. The van der Waals surface area contributed by atoms with Crippen LogP contribution in [0.1, 0.15) is 36.7 Å². The largest absolute Gasteiger partial charge is 0.496 e. The molecule has 1 aromatic carbocycles. The minimum Gasteiger partial charge on any atom is -0.496 e. The summed E-state index contributed by atoms with van der Waals surface area (Å²) in [6.45, 7) is 5.67. The van der Waals surface area contributed by atoms with Gasteiger partial charge in [-0.1, -0.05) is 20.8 Å². The van der Waals surface area contributed by atoms with E-state index >= 15 is 0 Å². The molecule has 1 aromatic heterocycles. The van der Waals surface area contributed by atoms with Gasteiger partial charge < -0.3 is 9.72 Å². The SMILES string of the molecule is COc1c(C=O)cc(-n2c(=O)[nH]cc(F)c2=O)cc1C(C)(C)C. The number of nitrogens with zero attached hydrogens (tertiary/aromatic N) is 1. The van der Waals surface area contributed by atoms with Crippen LogP contribution in [0.25, 0.3) is 5.69 Å².